The Bertz CT molecular complexity index is 876. The van der Waals surface area contributed by atoms with Gasteiger partial charge in [-0.25, -0.2) is 8.42 Å². The Morgan fingerprint density at radius 1 is 1.12 bits per heavy atom. The average molecular weight is 358 g/mol. The van der Waals surface area contributed by atoms with E-state index in [-0.39, 0.29) is 5.91 Å². The van der Waals surface area contributed by atoms with Crippen molar-refractivity contribution in [2.24, 2.45) is 0 Å². The van der Waals surface area contributed by atoms with Gasteiger partial charge in [0, 0.05) is 37.5 Å². The van der Waals surface area contributed by atoms with Gasteiger partial charge < -0.3 is 10.2 Å². The first-order valence-corrected chi connectivity index (χ1v) is 10.2. The molecule has 0 spiro atoms. The number of piperazine rings is 1. The van der Waals surface area contributed by atoms with Gasteiger partial charge in [0.15, 0.2) is 9.84 Å². The number of carbonyl (C=O) groups is 1. The fourth-order valence-corrected chi connectivity index (χ4v) is 3.66. The van der Waals surface area contributed by atoms with Crippen LogP contribution in [0.15, 0.2) is 53.4 Å². The number of rotatable bonds is 3. The first kappa shape index (κ1) is 17.6. The zero-order chi connectivity index (χ0) is 18.0. The van der Waals surface area contributed by atoms with Crippen LogP contribution in [0.4, 0.5) is 0 Å². The van der Waals surface area contributed by atoms with Crippen molar-refractivity contribution >= 4 is 15.7 Å². The normalized spacial score (nSPS) is 18.2. The first-order chi connectivity index (χ1) is 11.8. The van der Waals surface area contributed by atoms with E-state index in [0.717, 1.165) is 17.7 Å². The molecule has 0 saturated carbocycles. The van der Waals surface area contributed by atoms with E-state index in [2.05, 4.69) is 12.2 Å². The number of nitrogens with zero attached hydrogens (tertiary/aromatic N) is 1. The van der Waals surface area contributed by atoms with Crippen LogP contribution in [0, 0.1) is 0 Å². The molecule has 0 radical (unpaired) electrons. The monoisotopic (exact) mass is 358 g/mol. The van der Waals surface area contributed by atoms with Gasteiger partial charge in [-0.05, 0) is 42.3 Å². The van der Waals surface area contributed by atoms with Gasteiger partial charge in [0.25, 0.3) is 5.91 Å². The molecule has 1 saturated heterocycles. The standard InChI is InChI=1S/C19H22N2O3S/c1-14-13-21(11-10-20-14)19(22)17-5-3-4-16(12-17)15-6-8-18(9-7-15)25(2,23)24/h3-9,12,14,20H,10-11,13H2,1-2H3. The minimum Gasteiger partial charge on any atom is -0.336 e. The molecule has 2 aromatic carbocycles. The molecule has 25 heavy (non-hydrogen) atoms. The van der Waals surface area contributed by atoms with Crippen LogP contribution >= 0.6 is 0 Å². The maximum atomic E-state index is 12.7. The summed E-state index contributed by atoms with van der Waals surface area (Å²) >= 11 is 0. The molecule has 0 bridgehead atoms. The SMILES string of the molecule is CC1CN(C(=O)c2cccc(-c3ccc(S(C)(=O)=O)cc3)c2)CCN1. The van der Waals surface area contributed by atoms with E-state index in [1.54, 1.807) is 24.3 Å². The molecule has 1 unspecified atom stereocenters. The summed E-state index contributed by atoms with van der Waals surface area (Å²) in [7, 11) is -3.21. The van der Waals surface area contributed by atoms with Crippen LogP contribution in [-0.2, 0) is 9.84 Å². The zero-order valence-corrected chi connectivity index (χ0v) is 15.2. The molecule has 1 heterocycles. The number of nitrogens with one attached hydrogen (secondary N) is 1. The average Bonchev–Trinajstić information content (AvgIpc) is 2.60. The molecule has 1 aliphatic heterocycles. The van der Waals surface area contributed by atoms with Gasteiger partial charge in [-0.2, -0.15) is 0 Å². The van der Waals surface area contributed by atoms with Gasteiger partial charge in [0.05, 0.1) is 4.90 Å². The van der Waals surface area contributed by atoms with E-state index in [1.807, 2.05) is 29.2 Å². The van der Waals surface area contributed by atoms with Gasteiger partial charge in [-0.15, -0.1) is 0 Å². The minimum absolute atomic E-state index is 0.0305. The van der Waals surface area contributed by atoms with Crippen molar-refractivity contribution in [3.8, 4) is 11.1 Å². The topological polar surface area (TPSA) is 66.5 Å². The molecule has 1 fully saturated rings. The Morgan fingerprint density at radius 3 is 2.48 bits per heavy atom. The van der Waals surface area contributed by atoms with Crippen molar-refractivity contribution in [3.63, 3.8) is 0 Å². The quantitative estimate of drug-likeness (QED) is 0.913. The summed E-state index contributed by atoms with van der Waals surface area (Å²) in [5.41, 5.74) is 2.43. The smallest absolute Gasteiger partial charge is 0.253 e. The molecular formula is C19H22N2O3S. The maximum Gasteiger partial charge on any atom is 0.253 e. The van der Waals surface area contributed by atoms with E-state index in [0.29, 0.717) is 29.6 Å². The maximum absolute atomic E-state index is 12.7. The van der Waals surface area contributed by atoms with Crippen molar-refractivity contribution in [2.45, 2.75) is 17.9 Å². The lowest BCUT2D eigenvalue weighted by molar-refractivity contribution is 0.0709. The van der Waals surface area contributed by atoms with E-state index >= 15 is 0 Å². The minimum atomic E-state index is -3.21. The fourth-order valence-electron chi connectivity index (χ4n) is 3.03. The molecule has 2 aromatic rings. The highest BCUT2D eigenvalue weighted by molar-refractivity contribution is 7.90. The predicted octanol–water partition coefficient (Wildman–Crippen LogP) is 2.19. The molecule has 1 amide bonds. The lowest BCUT2D eigenvalue weighted by atomic mass is 10.0. The molecular weight excluding hydrogens is 336 g/mol. The highest BCUT2D eigenvalue weighted by atomic mass is 32.2. The molecule has 6 heteroatoms. The summed E-state index contributed by atoms with van der Waals surface area (Å²) in [5, 5.41) is 3.33. The third kappa shape index (κ3) is 4.08. The van der Waals surface area contributed by atoms with Gasteiger partial charge >= 0.3 is 0 Å². The lowest BCUT2D eigenvalue weighted by Gasteiger charge is -2.32. The molecule has 1 atom stereocenters. The third-order valence-electron chi connectivity index (χ3n) is 4.38. The second-order valence-corrected chi connectivity index (χ2v) is 8.50. The second-order valence-electron chi connectivity index (χ2n) is 6.48. The van der Waals surface area contributed by atoms with Crippen molar-refractivity contribution in [3.05, 3.63) is 54.1 Å². The number of benzene rings is 2. The van der Waals surface area contributed by atoms with Crippen LogP contribution in [-0.4, -0.2) is 51.2 Å². The molecule has 132 valence electrons. The van der Waals surface area contributed by atoms with Gasteiger partial charge in [0.2, 0.25) is 0 Å². The Labute approximate surface area is 148 Å². The molecule has 5 nitrogen and oxygen atoms in total. The largest absolute Gasteiger partial charge is 0.336 e. The van der Waals surface area contributed by atoms with E-state index in [1.165, 1.54) is 6.26 Å². The van der Waals surface area contributed by atoms with Crippen LogP contribution < -0.4 is 5.32 Å². The fraction of sp³-hybridized carbons (Fsp3) is 0.316. The Morgan fingerprint density at radius 2 is 1.84 bits per heavy atom. The molecule has 1 N–H and O–H groups in total. The highest BCUT2D eigenvalue weighted by Gasteiger charge is 2.21. The summed E-state index contributed by atoms with van der Waals surface area (Å²) in [5.74, 6) is 0.0305. The molecule has 3 rings (SSSR count). The summed E-state index contributed by atoms with van der Waals surface area (Å²) in [4.78, 5) is 14.9. The van der Waals surface area contributed by atoms with Crippen LogP contribution in [0.2, 0.25) is 0 Å². The Kier molecular flexibility index (Phi) is 4.92. The van der Waals surface area contributed by atoms with Crippen molar-refractivity contribution in [2.75, 3.05) is 25.9 Å². The van der Waals surface area contributed by atoms with E-state index in [4.69, 9.17) is 0 Å². The van der Waals surface area contributed by atoms with Gasteiger partial charge in [-0.1, -0.05) is 24.3 Å². The van der Waals surface area contributed by atoms with Crippen LogP contribution in [0.1, 0.15) is 17.3 Å². The third-order valence-corrected chi connectivity index (χ3v) is 5.51. The number of sulfone groups is 1. The number of amides is 1. The summed E-state index contributed by atoms with van der Waals surface area (Å²) in [6.07, 6.45) is 1.19. The van der Waals surface area contributed by atoms with Gasteiger partial charge in [-0.3, -0.25) is 4.79 Å². The summed E-state index contributed by atoms with van der Waals surface area (Å²) < 4.78 is 23.1. The van der Waals surface area contributed by atoms with Crippen molar-refractivity contribution < 1.29 is 13.2 Å². The van der Waals surface area contributed by atoms with Crippen LogP contribution in [0.5, 0.6) is 0 Å². The van der Waals surface area contributed by atoms with Gasteiger partial charge in [0.1, 0.15) is 0 Å². The number of hydrogen-bond donors (Lipinski definition) is 1. The molecule has 1 aliphatic rings. The number of hydrogen-bond acceptors (Lipinski definition) is 4. The lowest BCUT2D eigenvalue weighted by Crippen LogP contribution is -2.51. The molecule has 0 aromatic heterocycles. The van der Waals surface area contributed by atoms with Crippen LogP contribution in [0.3, 0.4) is 0 Å². The van der Waals surface area contributed by atoms with E-state index in [9.17, 15) is 13.2 Å². The zero-order valence-electron chi connectivity index (χ0n) is 14.4. The second kappa shape index (κ2) is 6.98. The van der Waals surface area contributed by atoms with Crippen molar-refractivity contribution in [1.82, 2.24) is 10.2 Å². The summed E-state index contributed by atoms with van der Waals surface area (Å²) in [6, 6.07) is 14.5. The van der Waals surface area contributed by atoms with Crippen molar-refractivity contribution in [1.29, 1.82) is 0 Å². The van der Waals surface area contributed by atoms with Crippen LogP contribution in [0.25, 0.3) is 11.1 Å². The summed E-state index contributed by atoms with van der Waals surface area (Å²) in [6.45, 7) is 4.28. The Hall–Kier alpha value is -2.18. The first-order valence-electron chi connectivity index (χ1n) is 8.28. The molecule has 0 aliphatic carbocycles. The highest BCUT2D eigenvalue weighted by Crippen LogP contribution is 2.23. The Balaban J connectivity index is 1.85. The number of carbonyl (C=O) groups excluding carboxylic acids is 1. The predicted molar refractivity (Wildman–Crippen MR) is 98.4 cm³/mol. The van der Waals surface area contributed by atoms with E-state index < -0.39 is 9.84 Å².